The van der Waals surface area contributed by atoms with Crippen LogP contribution >= 0.6 is 0 Å². The molecule has 0 radical (unpaired) electrons. The van der Waals surface area contributed by atoms with E-state index < -0.39 is 0 Å². The first-order valence-electron chi connectivity index (χ1n) is 5.75. The molecule has 0 saturated carbocycles. The van der Waals surface area contributed by atoms with Gasteiger partial charge >= 0.3 is 0 Å². The van der Waals surface area contributed by atoms with Crippen molar-refractivity contribution in [2.24, 2.45) is 0 Å². The van der Waals surface area contributed by atoms with Crippen LogP contribution in [0.5, 0.6) is 5.75 Å². The van der Waals surface area contributed by atoms with E-state index in [9.17, 15) is 4.79 Å². The fraction of sp³-hybridized carbons (Fsp3) is 0.214. The number of carbonyl (C=O) groups is 1. The molecule has 2 aromatic rings. The van der Waals surface area contributed by atoms with Crippen molar-refractivity contribution >= 4 is 6.29 Å². The lowest BCUT2D eigenvalue weighted by atomic mass is 10.1. The molecule has 1 aromatic heterocycles. The summed E-state index contributed by atoms with van der Waals surface area (Å²) in [6, 6.07) is 7.50. The minimum Gasteiger partial charge on any atom is -0.494 e. The van der Waals surface area contributed by atoms with Crippen LogP contribution in [0, 0.1) is 6.92 Å². The van der Waals surface area contributed by atoms with Crippen molar-refractivity contribution in [3.05, 3.63) is 41.9 Å². The van der Waals surface area contributed by atoms with Gasteiger partial charge in [-0.1, -0.05) is 0 Å². The maximum Gasteiger partial charge on any atom is 0.168 e. The number of benzene rings is 1. The van der Waals surface area contributed by atoms with Gasteiger partial charge in [0.15, 0.2) is 6.29 Å². The number of hydrogen-bond donors (Lipinski definition) is 0. The van der Waals surface area contributed by atoms with E-state index in [0.717, 1.165) is 22.6 Å². The van der Waals surface area contributed by atoms with E-state index in [1.807, 2.05) is 32.0 Å². The summed E-state index contributed by atoms with van der Waals surface area (Å²) in [7, 11) is 0. The molecule has 0 unspecified atom stereocenters. The average Bonchev–Trinajstić information content (AvgIpc) is 2.41. The minimum absolute atomic E-state index is 0.381. The molecule has 0 fully saturated rings. The van der Waals surface area contributed by atoms with Crippen LogP contribution in [-0.4, -0.2) is 22.9 Å². The van der Waals surface area contributed by atoms with Crippen molar-refractivity contribution in [1.82, 2.24) is 9.97 Å². The van der Waals surface area contributed by atoms with Crippen molar-refractivity contribution in [1.29, 1.82) is 0 Å². The summed E-state index contributed by atoms with van der Waals surface area (Å²) in [5, 5.41) is 0. The van der Waals surface area contributed by atoms with E-state index in [1.54, 1.807) is 6.07 Å². The molecule has 1 aromatic carbocycles. The zero-order chi connectivity index (χ0) is 13.0. The summed E-state index contributed by atoms with van der Waals surface area (Å²) < 4.78 is 5.48. The van der Waals surface area contributed by atoms with Crippen molar-refractivity contribution in [3.63, 3.8) is 0 Å². The van der Waals surface area contributed by atoms with Crippen LogP contribution in [-0.2, 0) is 0 Å². The molecule has 4 heteroatoms. The van der Waals surface area contributed by atoms with Gasteiger partial charge < -0.3 is 4.74 Å². The molecule has 0 spiro atoms. The van der Waals surface area contributed by atoms with Crippen LogP contribution < -0.4 is 4.74 Å². The highest BCUT2D eigenvalue weighted by Crippen LogP contribution is 2.24. The summed E-state index contributed by atoms with van der Waals surface area (Å²) >= 11 is 0. The zero-order valence-electron chi connectivity index (χ0n) is 10.4. The van der Waals surface area contributed by atoms with E-state index in [0.29, 0.717) is 18.6 Å². The molecule has 0 atom stereocenters. The lowest BCUT2D eigenvalue weighted by molar-refractivity contribution is 0.111. The Labute approximate surface area is 106 Å². The number of aryl methyl sites for hydroxylation is 1. The first-order valence-corrected chi connectivity index (χ1v) is 5.75. The first-order chi connectivity index (χ1) is 8.74. The Kier molecular flexibility index (Phi) is 3.67. The Morgan fingerprint density at radius 2 is 2.11 bits per heavy atom. The van der Waals surface area contributed by atoms with E-state index >= 15 is 0 Å². The summed E-state index contributed by atoms with van der Waals surface area (Å²) in [6.07, 6.45) is 2.11. The molecule has 0 aliphatic carbocycles. The van der Waals surface area contributed by atoms with Gasteiger partial charge in [0.2, 0.25) is 0 Å². The van der Waals surface area contributed by atoms with Crippen molar-refractivity contribution in [2.75, 3.05) is 6.61 Å². The molecule has 4 nitrogen and oxygen atoms in total. The van der Waals surface area contributed by atoms with Crippen molar-refractivity contribution < 1.29 is 9.53 Å². The van der Waals surface area contributed by atoms with Crippen LogP contribution in [0.1, 0.15) is 23.0 Å². The molecule has 0 N–H and O–H groups in total. The predicted molar refractivity (Wildman–Crippen MR) is 68.8 cm³/mol. The fourth-order valence-corrected chi connectivity index (χ4v) is 1.72. The minimum atomic E-state index is 0.381. The maximum absolute atomic E-state index is 10.7. The standard InChI is InChI=1S/C14H14N2O2/c1-3-18-14-5-4-11(6-10(14)2)13-7-12(8-17)15-9-16-13/h4-9H,3H2,1-2H3. The summed E-state index contributed by atoms with van der Waals surface area (Å²) in [5.41, 5.74) is 3.10. The number of carbonyl (C=O) groups excluding carboxylic acids is 1. The van der Waals surface area contributed by atoms with Gasteiger partial charge in [-0.2, -0.15) is 0 Å². The Morgan fingerprint density at radius 1 is 1.28 bits per heavy atom. The average molecular weight is 242 g/mol. The Bertz CT molecular complexity index is 567. The van der Waals surface area contributed by atoms with Crippen molar-refractivity contribution in [3.8, 4) is 17.0 Å². The second-order valence-electron chi connectivity index (χ2n) is 3.86. The monoisotopic (exact) mass is 242 g/mol. The van der Waals surface area contributed by atoms with Crippen LogP contribution in [0.2, 0.25) is 0 Å². The second kappa shape index (κ2) is 5.40. The van der Waals surface area contributed by atoms with Gasteiger partial charge in [0, 0.05) is 5.56 Å². The van der Waals surface area contributed by atoms with Gasteiger partial charge in [0.1, 0.15) is 17.8 Å². The molecular formula is C14H14N2O2. The molecule has 0 aliphatic heterocycles. The molecule has 92 valence electrons. The predicted octanol–water partition coefficient (Wildman–Crippen LogP) is 2.66. The molecule has 18 heavy (non-hydrogen) atoms. The van der Waals surface area contributed by atoms with Crippen molar-refractivity contribution in [2.45, 2.75) is 13.8 Å². The third kappa shape index (κ3) is 2.53. The Balaban J connectivity index is 2.38. The summed E-state index contributed by atoms with van der Waals surface area (Å²) in [5.74, 6) is 0.867. The topological polar surface area (TPSA) is 52.1 Å². The lowest BCUT2D eigenvalue weighted by Crippen LogP contribution is -1.95. The van der Waals surface area contributed by atoms with E-state index in [4.69, 9.17) is 4.74 Å². The number of ether oxygens (including phenoxy) is 1. The van der Waals surface area contributed by atoms with Gasteiger partial charge in [-0.05, 0) is 43.7 Å². The molecule has 0 amide bonds. The van der Waals surface area contributed by atoms with E-state index in [-0.39, 0.29) is 0 Å². The van der Waals surface area contributed by atoms with Crippen LogP contribution in [0.15, 0.2) is 30.6 Å². The highest BCUT2D eigenvalue weighted by molar-refractivity contribution is 5.75. The highest BCUT2D eigenvalue weighted by Gasteiger charge is 2.05. The lowest BCUT2D eigenvalue weighted by Gasteiger charge is -2.08. The molecule has 0 bridgehead atoms. The number of rotatable bonds is 4. The highest BCUT2D eigenvalue weighted by atomic mass is 16.5. The van der Waals surface area contributed by atoms with Crippen LogP contribution in [0.25, 0.3) is 11.3 Å². The smallest absolute Gasteiger partial charge is 0.168 e. The third-order valence-electron chi connectivity index (χ3n) is 2.58. The number of aromatic nitrogens is 2. The molecular weight excluding hydrogens is 228 g/mol. The summed E-state index contributed by atoms with van der Waals surface area (Å²) in [6.45, 7) is 4.58. The number of nitrogens with zero attached hydrogens (tertiary/aromatic N) is 2. The largest absolute Gasteiger partial charge is 0.494 e. The summed E-state index contributed by atoms with van der Waals surface area (Å²) in [4.78, 5) is 18.7. The molecule has 1 heterocycles. The van der Waals surface area contributed by atoms with Crippen LogP contribution in [0.3, 0.4) is 0 Å². The quantitative estimate of drug-likeness (QED) is 0.773. The second-order valence-corrected chi connectivity index (χ2v) is 3.86. The van der Waals surface area contributed by atoms with Crippen LogP contribution in [0.4, 0.5) is 0 Å². The fourth-order valence-electron chi connectivity index (χ4n) is 1.72. The first kappa shape index (κ1) is 12.2. The molecule has 0 saturated heterocycles. The normalized spacial score (nSPS) is 10.1. The molecule has 2 rings (SSSR count). The van der Waals surface area contributed by atoms with Gasteiger partial charge in [-0.3, -0.25) is 4.79 Å². The SMILES string of the molecule is CCOc1ccc(-c2cc(C=O)ncn2)cc1C. The van der Waals surface area contributed by atoms with E-state index in [1.165, 1.54) is 6.33 Å². The van der Waals surface area contributed by atoms with Gasteiger partial charge in [0.25, 0.3) is 0 Å². The van der Waals surface area contributed by atoms with Gasteiger partial charge in [0.05, 0.1) is 12.3 Å². The van der Waals surface area contributed by atoms with E-state index in [2.05, 4.69) is 9.97 Å². The number of aldehydes is 1. The zero-order valence-corrected chi connectivity index (χ0v) is 10.4. The maximum atomic E-state index is 10.7. The van der Waals surface area contributed by atoms with Gasteiger partial charge in [-0.25, -0.2) is 9.97 Å². The Morgan fingerprint density at radius 3 is 2.78 bits per heavy atom. The molecule has 0 aliphatic rings. The third-order valence-corrected chi connectivity index (χ3v) is 2.58. The Hall–Kier alpha value is -2.23. The van der Waals surface area contributed by atoms with Gasteiger partial charge in [-0.15, -0.1) is 0 Å². The number of hydrogen-bond acceptors (Lipinski definition) is 4.